The largest absolute Gasteiger partial charge is 0.497 e. The first kappa shape index (κ1) is 21.7. The summed E-state index contributed by atoms with van der Waals surface area (Å²) in [5.41, 5.74) is 1.45. The van der Waals surface area contributed by atoms with Gasteiger partial charge in [0.1, 0.15) is 22.7 Å². The zero-order valence-corrected chi connectivity index (χ0v) is 18.3. The van der Waals surface area contributed by atoms with Crippen LogP contribution in [0.15, 0.2) is 51.9 Å². The molecule has 3 aromatic rings. The maximum absolute atomic E-state index is 13.1. The molecule has 4 rings (SSSR count). The number of hydrogen-bond acceptors (Lipinski definition) is 7. The minimum absolute atomic E-state index is 0.0264. The van der Waals surface area contributed by atoms with Crippen LogP contribution in [0.2, 0.25) is 0 Å². The highest BCUT2D eigenvalue weighted by atomic mass is 16.5. The Bertz CT molecular complexity index is 1180. The van der Waals surface area contributed by atoms with Gasteiger partial charge in [-0.15, -0.1) is 0 Å². The Kier molecular flexibility index (Phi) is 6.61. The molecule has 8 heteroatoms. The second kappa shape index (κ2) is 9.74. The molecule has 0 saturated carbocycles. The highest BCUT2D eigenvalue weighted by molar-refractivity contribution is 5.97. The Morgan fingerprint density at radius 1 is 1.09 bits per heavy atom. The minimum Gasteiger partial charge on any atom is -0.497 e. The third kappa shape index (κ3) is 4.55. The van der Waals surface area contributed by atoms with Crippen LogP contribution in [-0.2, 0) is 4.74 Å². The van der Waals surface area contributed by atoms with E-state index in [1.165, 1.54) is 0 Å². The van der Waals surface area contributed by atoms with Crippen LogP contribution in [-0.4, -0.2) is 46.5 Å². The topological polar surface area (TPSA) is 91.5 Å². The van der Waals surface area contributed by atoms with Gasteiger partial charge in [0.05, 0.1) is 27.4 Å². The number of carbonyl (C=O) groups excluding carboxylic acids is 1. The van der Waals surface area contributed by atoms with Gasteiger partial charge in [-0.2, -0.15) is 0 Å². The number of carbonyl (C=O) groups is 1. The molecule has 0 aliphatic carbocycles. The fourth-order valence-electron chi connectivity index (χ4n) is 3.62. The van der Waals surface area contributed by atoms with Crippen LogP contribution in [0.1, 0.15) is 23.2 Å². The van der Waals surface area contributed by atoms with Gasteiger partial charge in [-0.25, -0.2) is 4.99 Å². The lowest BCUT2D eigenvalue weighted by atomic mass is 10.1. The monoisotopic (exact) mass is 438 g/mol. The molecule has 168 valence electrons. The molecular weight excluding hydrogens is 412 g/mol. The highest BCUT2D eigenvalue weighted by Crippen LogP contribution is 2.31. The lowest BCUT2D eigenvalue weighted by molar-refractivity contribution is 0.0854. The summed E-state index contributed by atoms with van der Waals surface area (Å²) in [5, 5.41) is 3.67. The molecule has 0 radical (unpaired) electrons. The van der Waals surface area contributed by atoms with Gasteiger partial charge < -0.3 is 28.7 Å². The van der Waals surface area contributed by atoms with Crippen molar-refractivity contribution in [1.82, 2.24) is 5.32 Å². The molecule has 0 bridgehead atoms. The maximum Gasteiger partial charge on any atom is 0.256 e. The smallest absolute Gasteiger partial charge is 0.256 e. The van der Waals surface area contributed by atoms with E-state index in [-0.39, 0.29) is 17.6 Å². The summed E-state index contributed by atoms with van der Waals surface area (Å²) in [5.74, 6) is 1.38. The van der Waals surface area contributed by atoms with E-state index in [1.54, 1.807) is 51.7 Å². The quantitative estimate of drug-likeness (QED) is 0.606. The highest BCUT2D eigenvalue weighted by Gasteiger charge is 2.19. The van der Waals surface area contributed by atoms with Crippen molar-refractivity contribution in [3.63, 3.8) is 0 Å². The molecule has 8 nitrogen and oxygen atoms in total. The van der Waals surface area contributed by atoms with Crippen LogP contribution in [0, 0.1) is 0 Å². The maximum atomic E-state index is 13.1. The first-order valence-electron chi connectivity index (χ1n) is 10.4. The number of amides is 1. The molecule has 0 spiro atoms. The molecule has 2 aromatic carbocycles. The summed E-state index contributed by atoms with van der Waals surface area (Å²) in [4.78, 5) is 17.7. The van der Waals surface area contributed by atoms with Crippen LogP contribution in [0.3, 0.4) is 0 Å². The Morgan fingerprint density at radius 2 is 1.94 bits per heavy atom. The van der Waals surface area contributed by atoms with E-state index in [4.69, 9.17) is 23.4 Å². The first-order chi connectivity index (χ1) is 15.6. The van der Waals surface area contributed by atoms with Gasteiger partial charge in [0, 0.05) is 24.6 Å². The molecule has 1 aliphatic heterocycles. The van der Waals surface area contributed by atoms with Crippen molar-refractivity contribution in [3.05, 3.63) is 53.6 Å². The number of benzene rings is 2. The van der Waals surface area contributed by atoms with Gasteiger partial charge in [-0.1, -0.05) is 12.1 Å². The summed E-state index contributed by atoms with van der Waals surface area (Å²) in [7, 11) is 4.69. The number of methoxy groups -OCH3 is 3. The molecule has 1 aliphatic rings. The minimum atomic E-state index is -0.291. The second-order valence-electron chi connectivity index (χ2n) is 7.34. The number of fused-ring (bicyclic) bond motifs is 1. The van der Waals surface area contributed by atoms with Gasteiger partial charge in [0.2, 0.25) is 5.55 Å². The molecule has 0 unspecified atom stereocenters. The summed E-state index contributed by atoms with van der Waals surface area (Å²) >= 11 is 0. The zero-order chi connectivity index (χ0) is 22.5. The fraction of sp³-hybridized carbons (Fsp3) is 0.333. The molecule has 32 heavy (non-hydrogen) atoms. The average molecular weight is 438 g/mol. The van der Waals surface area contributed by atoms with Crippen LogP contribution in [0.25, 0.3) is 11.0 Å². The van der Waals surface area contributed by atoms with E-state index in [0.29, 0.717) is 40.6 Å². The molecule has 1 N–H and O–H groups in total. The Balaban J connectivity index is 1.82. The van der Waals surface area contributed by atoms with E-state index >= 15 is 0 Å². The molecule has 1 aromatic heterocycles. The van der Waals surface area contributed by atoms with Crippen molar-refractivity contribution >= 4 is 22.6 Å². The van der Waals surface area contributed by atoms with Crippen molar-refractivity contribution in [2.24, 2.45) is 4.99 Å². The van der Waals surface area contributed by atoms with Gasteiger partial charge in [-0.05, 0) is 37.1 Å². The van der Waals surface area contributed by atoms with E-state index in [2.05, 4.69) is 10.3 Å². The number of rotatable bonds is 7. The van der Waals surface area contributed by atoms with Crippen LogP contribution < -0.4 is 25.1 Å². The van der Waals surface area contributed by atoms with E-state index in [0.717, 1.165) is 24.8 Å². The summed E-state index contributed by atoms with van der Waals surface area (Å²) in [6, 6.07) is 12.5. The van der Waals surface area contributed by atoms with Crippen LogP contribution >= 0.6 is 0 Å². The van der Waals surface area contributed by atoms with Crippen molar-refractivity contribution < 1.29 is 28.2 Å². The zero-order valence-electron chi connectivity index (χ0n) is 18.3. The van der Waals surface area contributed by atoms with Crippen molar-refractivity contribution in [2.75, 3.05) is 34.5 Å². The Labute approximate surface area is 185 Å². The van der Waals surface area contributed by atoms with Gasteiger partial charge in [0.25, 0.3) is 5.91 Å². The third-order valence-electron chi connectivity index (χ3n) is 5.33. The summed E-state index contributed by atoms with van der Waals surface area (Å²) in [6.45, 7) is 1.16. The summed E-state index contributed by atoms with van der Waals surface area (Å²) in [6.07, 6.45) is 1.96. The van der Waals surface area contributed by atoms with Gasteiger partial charge in [0.15, 0.2) is 11.3 Å². The van der Waals surface area contributed by atoms with Crippen molar-refractivity contribution in [1.29, 1.82) is 0 Å². The molecule has 1 atom stereocenters. The second-order valence-corrected chi connectivity index (χ2v) is 7.34. The molecule has 2 heterocycles. The number of hydrogen-bond donors (Lipinski definition) is 1. The molecule has 1 saturated heterocycles. The lowest BCUT2D eigenvalue weighted by Crippen LogP contribution is -2.34. The predicted octanol–water partition coefficient (Wildman–Crippen LogP) is 3.60. The number of nitrogens with one attached hydrogen (secondary N) is 1. The third-order valence-corrected chi connectivity index (χ3v) is 5.33. The predicted molar refractivity (Wildman–Crippen MR) is 119 cm³/mol. The molecule has 1 fully saturated rings. The average Bonchev–Trinajstić information content (AvgIpc) is 3.35. The standard InChI is InChI=1S/C24H26N2O6/c1-28-16-9-10-19(21(13-16)30-3)26-24-18(23(27)25-14-17-7-5-11-31-17)12-15-6-4-8-20(29-2)22(15)32-24/h4,6,8-10,12-13,17H,5,7,11,14H2,1-3H3,(H,25,27)/t17-/m0/s1. The molecular formula is C24H26N2O6. The van der Waals surface area contributed by atoms with Gasteiger partial charge >= 0.3 is 0 Å². The number of para-hydroxylation sites is 1. The SMILES string of the molecule is COc1ccc(N=c2oc3c(OC)cccc3cc2C(=O)NC[C@@H]2CCCO2)c(OC)c1. The Morgan fingerprint density at radius 3 is 2.66 bits per heavy atom. The van der Waals surface area contributed by atoms with E-state index in [1.807, 2.05) is 12.1 Å². The van der Waals surface area contributed by atoms with E-state index in [9.17, 15) is 4.79 Å². The lowest BCUT2D eigenvalue weighted by Gasteiger charge is -2.12. The van der Waals surface area contributed by atoms with Gasteiger partial charge in [-0.3, -0.25) is 4.79 Å². The van der Waals surface area contributed by atoms with E-state index < -0.39 is 0 Å². The molecule has 1 amide bonds. The number of nitrogens with zero attached hydrogens (tertiary/aromatic N) is 1. The van der Waals surface area contributed by atoms with Crippen LogP contribution in [0.5, 0.6) is 17.2 Å². The van der Waals surface area contributed by atoms with Crippen LogP contribution in [0.4, 0.5) is 5.69 Å². The fourth-order valence-corrected chi connectivity index (χ4v) is 3.62. The Hall–Kier alpha value is -3.52. The number of ether oxygens (including phenoxy) is 4. The summed E-state index contributed by atoms with van der Waals surface area (Å²) < 4.78 is 27.8. The first-order valence-corrected chi connectivity index (χ1v) is 10.4. The van der Waals surface area contributed by atoms with Crippen molar-refractivity contribution in [2.45, 2.75) is 18.9 Å². The van der Waals surface area contributed by atoms with Crippen molar-refractivity contribution in [3.8, 4) is 17.2 Å². The normalized spacial score (nSPS) is 16.2.